The third-order valence-electron chi connectivity index (χ3n) is 1.88. The Morgan fingerprint density at radius 3 is 2.87 bits per heavy atom. The Hall–Kier alpha value is -1.86. The van der Waals surface area contributed by atoms with Crippen molar-refractivity contribution in [2.75, 3.05) is 0 Å². The SMILES string of the molecule is N#Cc1cnn(-c2cccc(Cl)c2)c1F. The zero-order valence-corrected chi connectivity index (χ0v) is 8.24. The van der Waals surface area contributed by atoms with Crippen LogP contribution in [0.2, 0.25) is 5.02 Å². The fraction of sp³-hybridized carbons (Fsp3) is 0. The first-order valence-electron chi connectivity index (χ1n) is 4.12. The molecule has 2 aromatic rings. The summed E-state index contributed by atoms with van der Waals surface area (Å²) in [6.07, 6.45) is 1.18. The number of hydrogen-bond donors (Lipinski definition) is 0. The summed E-state index contributed by atoms with van der Waals surface area (Å²) in [4.78, 5) is 0. The van der Waals surface area contributed by atoms with E-state index in [2.05, 4.69) is 5.10 Å². The fourth-order valence-corrected chi connectivity index (χ4v) is 1.38. The van der Waals surface area contributed by atoms with E-state index in [4.69, 9.17) is 16.9 Å². The van der Waals surface area contributed by atoms with Gasteiger partial charge in [0.25, 0.3) is 0 Å². The Morgan fingerprint density at radius 1 is 1.47 bits per heavy atom. The second kappa shape index (κ2) is 3.71. The van der Waals surface area contributed by atoms with Gasteiger partial charge in [0.15, 0.2) is 0 Å². The lowest BCUT2D eigenvalue weighted by molar-refractivity contribution is 0.534. The molecule has 0 unspecified atom stereocenters. The molecule has 0 aliphatic heterocycles. The highest BCUT2D eigenvalue weighted by Gasteiger charge is 2.10. The van der Waals surface area contributed by atoms with Crippen LogP contribution in [0.15, 0.2) is 30.5 Å². The Balaban J connectivity index is 2.56. The van der Waals surface area contributed by atoms with Gasteiger partial charge in [0.1, 0.15) is 11.6 Å². The van der Waals surface area contributed by atoms with Crippen LogP contribution in [0.25, 0.3) is 5.69 Å². The predicted molar refractivity (Wildman–Crippen MR) is 53.2 cm³/mol. The molecule has 0 N–H and O–H groups in total. The van der Waals surface area contributed by atoms with Gasteiger partial charge in [-0.25, -0.2) is 4.68 Å². The summed E-state index contributed by atoms with van der Waals surface area (Å²) < 4.78 is 14.5. The van der Waals surface area contributed by atoms with Gasteiger partial charge in [-0.1, -0.05) is 17.7 Å². The van der Waals surface area contributed by atoms with E-state index >= 15 is 0 Å². The summed E-state index contributed by atoms with van der Waals surface area (Å²) in [5.74, 6) is -0.681. The summed E-state index contributed by atoms with van der Waals surface area (Å²) in [7, 11) is 0. The van der Waals surface area contributed by atoms with E-state index < -0.39 is 5.95 Å². The van der Waals surface area contributed by atoms with E-state index in [0.29, 0.717) is 10.7 Å². The topological polar surface area (TPSA) is 41.6 Å². The number of nitriles is 1. The van der Waals surface area contributed by atoms with Crippen LogP contribution in [0.1, 0.15) is 5.56 Å². The standard InChI is InChI=1S/C10H5ClFN3/c11-8-2-1-3-9(4-8)15-10(12)7(5-13)6-14-15/h1-4,6H. The molecule has 0 aliphatic rings. The van der Waals surface area contributed by atoms with Gasteiger partial charge in [-0.15, -0.1) is 0 Å². The molecule has 3 nitrogen and oxygen atoms in total. The van der Waals surface area contributed by atoms with E-state index in [1.54, 1.807) is 30.3 Å². The fourth-order valence-electron chi connectivity index (χ4n) is 1.20. The highest BCUT2D eigenvalue weighted by atomic mass is 35.5. The van der Waals surface area contributed by atoms with E-state index in [1.807, 2.05) is 0 Å². The first kappa shape index (κ1) is 9.69. The van der Waals surface area contributed by atoms with Gasteiger partial charge in [0.2, 0.25) is 5.95 Å². The lowest BCUT2D eigenvalue weighted by Gasteiger charge is -2.01. The number of rotatable bonds is 1. The minimum atomic E-state index is -0.681. The van der Waals surface area contributed by atoms with Crippen LogP contribution in [-0.2, 0) is 0 Å². The molecule has 0 atom stereocenters. The predicted octanol–water partition coefficient (Wildman–Crippen LogP) is 2.54. The van der Waals surface area contributed by atoms with Crippen molar-refractivity contribution in [2.45, 2.75) is 0 Å². The van der Waals surface area contributed by atoms with Gasteiger partial charge in [0, 0.05) is 5.02 Å². The maximum atomic E-state index is 13.5. The van der Waals surface area contributed by atoms with Crippen LogP contribution in [0.5, 0.6) is 0 Å². The zero-order chi connectivity index (χ0) is 10.8. The van der Waals surface area contributed by atoms with Gasteiger partial charge in [-0.2, -0.15) is 14.8 Å². The van der Waals surface area contributed by atoms with Crippen molar-refractivity contribution in [3.05, 3.63) is 47.0 Å². The number of nitrogens with zero attached hydrogens (tertiary/aromatic N) is 3. The average molecular weight is 222 g/mol. The molecule has 0 aliphatic carbocycles. The van der Waals surface area contributed by atoms with Crippen LogP contribution in [0, 0.1) is 17.3 Å². The van der Waals surface area contributed by atoms with Crippen LogP contribution < -0.4 is 0 Å². The number of benzene rings is 1. The maximum absolute atomic E-state index is 13.5. The van der Waals surface area contributed by atoms with Crippen molar-refractivity contribution in [1.29, 1.82) is 5.26 Å². The molecule has 0 amide bonds. The van der Waals surface area contributed by atoms with Crippen molar-refractivity contribution in [3.8, 4) is 11.8 Å². The van der Waals surface area contributed by atoms with E-state index in [0.717, 1.165) is 4.68 Å². The molecule has 1 aromatic carbocycles. The molecule has 1 heterocycles. The van der Waals surface area contributed by atoms with E-state index in [9.17, 15) is 4.39 Å². The summed E-state index contributed by atoms with van der Waals surface area (Å²) in [6, 6.07) is 8.30. The lowest BCUT2D eigenvalue weighted by Crippen LogP contribution is -1.99. The summed E-state index contributed by atoms with van der Waals surface area (Å²) in [6.45, 7) is 0. The van der Waals surface area contributed by atoms with Gasteiger partial charge < -0.3 is 0 Å². The summed E-state index contributed by atoms with van der Waals surface area (Å²) >= 11 is 5.76. The molecular weight excluding hydrogens is 217 g/mol. The van der Waals surface area contributed by atoms with Crippen LogP contribution in [0.4, 0.5) is 4.39 Å². The second-order valence-electron chi connectivity index (χ2n) is 2.85. The Bertz CT molecular complexity index is 542. The molecule has 0 radical (unpaired) electrons. The minimum absolute atomic E-state index is 0.0880. The Morgan fingerprint density at radius 2 is 2.27 bits per heavy atom. The second-order valence-corrected chi connectivity index (χ2v) is 3.29. The maximum Gasteiger partial charge on any atom is 0.234 e. The molecule has 5 heteroatoms. The van der Waals surface area contributed by atoms with Gasteiger partial charge in [-0.3, -0.25) is 0 Å². The highest BCUT2D eigenvalue weighted by Crippen LogP contribution is 2.16. The molecule has 74 valence electrons. The minimum Gasteiger partial charge on any atom is -0.205 e. The molecule has 0 saturated carbocycles. The summed E-state index contributed by atoms with van der Waals surface area (Å²) in [5, 5.41) is 12.8. The monoisotopic (exact) mass is 221 g/mol. The smallest absolute Gasteiger partial charge is 0.205 e. The molecule has 15 heavy (non-hydrogen) atoms. The molecule has 0 bridgehead atoms. The number of hydrogen-bond acceptors (Lipinski definition) is 2. The van der Waals surface area contributed by atoms with Crippen LogP contribution >= 0.6 is 11.6 Å². The van der Waals surface area contributed by atoms with Gasteiger partial charge in [-0.05, 0) is 18.2 Å². The first-order valence-corrected chi connectivity index (χ1v) is 4.49. The highest BCUT2D eigenvalue weighted by molar-refractivity contribution is 6.30. The van der Waals surface area contributed by atoms with E-state index in [1.165, 1.54) is 6.20 Å². The number of halogens is 2. The Kier molecular flexibility index (Phi) is 2.40. The molecule has 0 spiro atoms. The molecule has 1 aromatic heterocycles. The zero-order valence-electron chi connectivity index (χ0n) is 7.48. The third-order valence-corrected chi connectivity index (χ3v) is 2.12. The van der Waals surface area contributed by atoms with Gasteiger partial charge in [0.05, 0.1) is 11.9 Å². The van der Waals surface area contributed by atoms with Crippen molar-refractivity contribution in [2.24, 2.45) is 0 Å². The lowest BCUT2D eigenvalue weighted by atomic mass is 10.3. The molecule has 2 rings (SSSR count). The van der Waals surface area contributed by atoms with Crippen molar-refractivity contribution in [1.82, 2.24) is 9.78 Å². The molecule has 0 saturated heterocycles. The summed E-state index contributed by atoms with van der Waals surface area (Å²) in [5.41, 5.74) is 0.400. The largest absolute Gasteiger partial charge is 0.234 e. The van der Waals surface area contributed by atoms with Gasteiger partial charge >= 0.3 is 0 Å². The third kappa shape index (κ3) is 1.69. The first-order chi connectivity index (χ1) is 7.22. The number of aromatic nitrogens is 2. The van der Waals surface area contributed by atoms with Crippen molar-refractivity contribution in [3.63, 3.8) is 0 Å². The van der Waals surface area contributed by atoms with Crippen molar-refractivity contribution >= 4 is 11.6 Å². The average Bonchev–Trinajstić information content (AvgIpc) is 2.59. The van der Waals surface area contributed by atoms with Crippen LogP contribution in [0.3, 0.4) is 0 Å². The molecule has 0 fully saturated rings. The normalized spacial score (nSPS) is 9.93. The molecular formula is C10H5ClFN3. The van der Waals surface area contributed by atoms with Crippen LogP contribution in [-0.4, -0.2) is 9.78 Å². The quantitative estimate of drug-likeness (QED) is 0.743. The van der Waals surface area contributed by atoms with Crippen molar-refractivity contribution < 1.29 is 4.39 Å². The Labute approximate surface area is 90.3 Å². The van der Waals surface area contributed by atoms with E-state index in [-0.39, 0.29) is 5.56 Å².